The van der Waals surface area contributed by atoms with Crippen molar-refractivity contribution in [2.45, 2.75) is 32.7 Å². The molecule has 2 aromatic heterocycles. The Labute approximate surface area is 127 Å². The quantitative estimate of drug-likeness (QED) is 0.575. The van der Waals surface area contributed by atoms with Crippen molar-refractivity contribution in [2.24, 2.45) is 5.84 Å². The summed E-state index contributed by atoms with van der Waals surface area (Å²) in [5.41, 5.74) is 3.08. The number of nitrogens with zero attached hydrogens (tertiary/aromatic N) is 3. The molecule has 1 atom stereocenters. The number of carbonyl (C=O) groups excluding carboxylic acids is 1. The van der Waals surface area contributed by atoms with Gasteiger partial charge in [0, 0.05) is 17.5 Å². The molecule has 8 heteroatoms. The van der Waals surface area contributed by atoms with E-state index in [0.717, 1.165) is 5.01 Å². The van der Waals surface area contributed by atoms with E-state index >= 15 is 0 Å². The van der Waals surface area contributed by atoms with Crippen LogP contribution in [0, 0.1) is 0 Å². The Balaban J connectivity index is 2.23. The normalized spacial score (nSPS) is 12.2. The molecule has 0 aliphatic carbocycles. The van der Waals surface area contributed by atoms with Crippen molar-refractivity contribution in [1.29, 1.82) is 0 Å². The Morgan fingerprint density at radius 1 is 1.33 bits per heavy atom. The lowest BCUT2D eigenvalue weighted by molar-refractivity contribution is 0.0935. The summed E-state index contributed by atoms with van der Waals surface area (Å²) in [4.78, 5) is 25.0. The fourth-order valence-corrected chi connectivity index (χ4v) is 2.37. The van der Waals surface area contributed by atoms with Gasteiger partial charge in [-0.15, -0.1) is 11.3 Å². The number of amides is 1. The lowest BCUT2D eigenvalue weighted by atomic mass is 10.2. The molecule has 0 aromatic carbocycles. The Morgan fingerprint density at radius 2 is 2.10 bits per heavy atom. The van der Waals surface area contributed by atoms with Crippen molar-refractivity contribution in [3.8, 4) is 0 Å². The Morgan fingerprint density at radius 3 is 2.67 bits per heavy atom. The summed E-state index contributed by atoms with van der Waals surface area (Å²) in [6.45, 7) is 5.80. The molecule has 0 saturated heterocycles. The number of thiazole rings is 1. The van der Waals surface area contributed by atoms with Gasteiger partial charge in [-0.25, -0.2) is 15.0 Å². The number of nitrogens with two attached hydrogens (primary N) is 1. The number of nitrogen functional groups attached to an aromatic ring is 1. The average molecular weight is 306 g/mol. The average Bonchev–Trinajstić information content (AvgIpc) is 3.00. The summed E-state index contributed by atoms with van der Waals surface area (Å²) >= 11 is 1.49. The zero-order valence-corrected chi connectivity index (χ0v) is 12.9. The van der Waals surface area contributed by atoms with Crippen LogP contribution in [-0.2, 0) is 0 Å². The van der Waals surface area contributed by atoms with Gasteiger partial charge in [0.15, 0.2) is 5.69 Å². The number of rotatable bonds is 5. The number of hydrazine groups is 1. The van der Waals surface area contributed by atoms with Gasteiger partial charge in [0.05, 0.1) is 17.9 Å². The molecular formula is C13H18N6OS. The maximum atomic E-state index is 12.4. The standard InChI is InChI=1S/C13H18N6OS/c1-7(2)11-16-6-9(19-14)10(18-11)12(20)17-8(3)13-15-4-5-21-13/h4-8,19H,14H2,1-3H3,(H,17,20). The lowest BCUT2D eigenvalue weighted by Crippen LogP contribution is -2.29. The van der Waals surface area contributed by atoms with Crippen LogP contribution in [-0.4, -0.2) is 20.9 Å². The molecule has 2 aromatic rings. The van der Waals surface area contributed by atoms with Crippen molar-refractivity contribution in [3.05, 3.63) is 34.3 Å². The molecule has 0 fully saturated rings. The lowest BCUT2D eigenvalue weighted by Gasteiger charge is -2.14. The second kappa shape index (κ2) is 6.59. The van der Waals surface area contributed by atoms with E-state index in [9.17, 15) is 4.79 Å². The molecule has 0 radical (unpaired) electrons. The molecule has 4 N–H and O–H groups in total. The van der Waals surface area contributed by atoms with Crippen molar-refractivity contribution < 1.29 is 4.79 Å². The van der Waals surface area contributed by atoms with Crippen LogP contribution in [0.15, 0.2) is 17.8 Å². The van der Waals surface area contributed by atoms with Crippen LogP contribution >= 0.6 is 11.3 Å². The minimum atomic E-state index is -0.310. The number of aromatic nitrogens is 3. The van der Waals surface area contributed by atoms with Crippen LogP contribution in [0.1, 0.15) is 54.1 Å². The highest BCUT2D eigenvalue weighted by molar-refractivity contribution is 7.09. The SMILES string of the molecule is CC(C)c1ncc(NN)c(C(=O)NC(C)c2nccs2)n1. The van der Waals surface area contributed by atoms with Gasteiger partial charge in [-0.1, -0.05) is 13.8 Å². The summed E-state index contributed by atoms with van der Waals surface area (Å²) in [5.74, 6) is 5.83. The van der Waals surface area contributed by atoms with E-state index in [-0.39, 0.29) is 23.6 Å². The second-order valence-corrected chi connectivity index (χ2v) is 5.78. The molecule has 0 spiro atoms. The molecule has 1 amide bonds. The summed E-state index contributed by atoms with van der Waals surface area (Å²) < 4.78 is 0. The largest absolute Gasteiger partial charge is 0.342 e. The van der Waals surface area contributed by atoms with Crippen LogP contribution in [0.4, 0.5) is 5.69 Å². The van der Waals surface area contributed by atoms with E-state index in [2.05, 4.69) is 25.7 Å². The Bertz CT molecular complexity index is 613. The third kappa shape index (κ3) is 3.53. The minimum absolute atomic E-state index is 0.125. The zero-order valence-electron chi connectivity index (χ0n) is 12.1. The predicted molar refractivity (Wildman–Crippen MR) is 81.9 cm³/mol. The molecule has 0 aliphatic rings. The van der Waals surface area contributed by atoms with Crippen LogP contribution in [0.2, 0.25) is 0 Å². The van der Waals surface area contributed by atoms with E-state index in [1.807, 2.05) is 26.2 Å². The van der Waals surface area contributed by atoms with Crippen LogP contribution in [0.5, 0.6) is 0 Å². The summed E-state index contributed by atoms with van der Waals surface area (Å²) in [7, 11) is 0. The smallest absolute Gasteiger partial charge is 0.272 e. The number of carbonyl (C=O) groups is 1. The van der Waals surface area contributed by atoms with Gasteiger partial charge in [0.1, 0.15) is 10.8 Å². The van der Waals surface area contributed by atoms with Gasteiger partial charge < -0.3 is 10.7 Å². The summed E-state index contributed by atoms with van der Waals surface area (Å²) in [6.07, 6.45) is 3.22. The van der Waals surface area contributed by atoms with E-state index in [4.69, 9.17) is 5.84 Å². The first-order chi connectivity index (χ1) is 10.0. The zero-order chi connectivity index (χ0) is 15.4. The minimum Gasteiger partial charge on any atom is -0.342 e. The number of hydrogen-bond donors (Lipinski definition) is 3. The van der Waals surface area contributed by atoms with Crippen LogP contribution in [0.3, 0.4) is 0 Å². The van der Waals surface area contributed by atoms with Crippen molar-refractivity contribution in [1.82, 2.24) is 20.3 Å². The monoisotopic (exact) mass is 306 g/mol. The molecule has 0 saturated carbocycles. The Kier molecular flexibility index (Phi) is 4.81. The van der Waals surface area contributed by atoms with Crippen molar-refractivity contribution in [2.75, 3.05) is 5.43 Å². The van der Waals surface area contributed by atoms with Gasteiger partial charge in [-0.3, -0.25) is 10.6 Å². The fraction of sp³-hybridized carbons (Fsp3) is 0.385. The van der Waals surface area contributed by atoms with Crippen molar-refractivity contribution >= 4 is 22.9 Å². The first-order valence-electron chi connectivity index (χ1n) is 6.56. The van der Waals surface area contributed by atoms with Gasteiger partial charge >= 0.3 is 0 Å². The van der Waals surface area contributed by atoms with Gasteiger partial charge in [0.2, 0.25) is 0 Å². The maximum Gasteiger partial charge on any atom is 0.272 e. The molecule has 0 aliphatic heterocycles. The van der Waals surface area contributed by atoms with E-state index in [0.29, 0.717) is 11.5 Å². The topological polar surface area (TPSA) is 106 Å². The fourth-order valence-electron chi connectivity index (χ4n) is 1.73. The first-order valence-corrected chi connectivity index (χ1v) is 7.44. The second-order valence-electron chi connectivity index (χ2n) is 4.86. The molecule has 21 heavy (non-hydrogen) atoms. The summed E-state index contributed by atoms with van der Waals surface area (Å²) in [5, 5.41) is 5.57. The van der Waals surface area contributed by atoms with E-state index in [1.54, 1.807) is 6.20 Å². The predicted octanol–water partition coefficient (Wildman–Crippen LogP) is 1.83. The van der Waals surface area contributed by atoms with Crippen LogP contribution in [0.25, 0.3) is 0 Å². The highest BCUT2D eigenvalue weighted by Gasteiger charge is 2.19. The van der Waals surface area contributed by atoms with Gasteiger partial charge in [-0.2, -0.15) is 0 Å². The highest BCUT2D eigenvalue weighted by atomic mass is 32.1. The van der Waals surface area contributed by atoms with E-state index in [1.165, 1.54) is 17.5 Å². The highest BCUT2D eigenvalue weighted by Crippen LogP contribution is 2.18. The summed E-state index contributed by atoms with van der Waals surface area (Å²) in [6, 6.07) is -0.194. The molecule has 1 unspecified atom stereocenters. The van der Waals surface area contributed by atoms with Gasteiger partial charge in [-0.05, 0) is 6.92 Å². The third-order valence-corrected chi connectivity index (χ3v) is 3.82. The molecule has 7 nitrogen and oxygen atoms in total. The number of nitrogens with one attached hydrogen (secondary N) is 2. The van der Waals surface area contributed by atoms with Gasteiger partial charge in [0.25, 0.3) is 5.91 Å². The molecule has 112 valence electrons. The molecule has 2 rings (SSSR count). The first kappa shape index (κ1) is 15.3. The van der Waals surface area contributed by atoms with Crippen molar-refractivity contribution in [3.63, 3.8) is 0 Å². The molecular weight excluding hydrogens is 288 g/mol. The number of hydrogen-bond acceptors (Lipinski definition) is 7. The van der Waals surface area contributed by atoms with Crippen LogP contribution < -0.4 is 16.6 Å². The van der Waals surface area contributed by atoms with E-state index < -0.39 is 0 Å². The third-order valence-electron chi connectivity index (χ3n) is 2.86. The molecule has 0 bridgehead atoms. The number of anilines is 1. The maximum absolute atomic E-state index is 12.4. The Hall–Kier alpha value is -2.06. The molecule has 2 heterocycles.